The summed E-state index contributed by atoms with van der Waals surface area (Å²) < 4.78 is 0. The van der Waals surface area contributed by atoms with Gasteiger partial charge < -0.3 is 15.3 Å². The molecule has 7 nitrogen and oxygen atoms in total. The van der Waals surface area contributed by atoms with E-state index in [9.17, 15) is 9.59 Å². The Morgan fingerprint density at radius 3 is 2.68 bits per heavy atom. The molecule has 19 heavy (non-hydrogen) atoms. The summed E-state index contributed by atoms with van der Waals surface area (Å²) in [6.45, 7) is 4.20. The molecule has 1 aromatic heterocycles. The van der Waals surface area contributed by atoms with E-state index in [0.717, 1.165) is 5.56 Å². The Kier molecular flexibility index (Phi) is 5.35. The lowest BCUT2D eigenvalue weighted by molar-refractivity contribution is -0.139. The van der Waals surface area contributed by atoms with Crippen molar-refractivity contribution in [3.63, 3.8) is 0 Å². The van der Waals surface area contributed by atoms with Gasteiger partial charge >= 0.3 is 12.0 Å². The van der Waals surface area contributed by atoms with Crippen molar-refractivity contribution < 1.29 is 14.7 Å². The Labute approximate surface area is 112 Å². The third kappa shape index (κ3) is 4.99. The Bertz CT molecular complexity index is 417. The maximum Gasteiger partial charge on any atom is 0.326 e. The number of nitrogens with one attached hydrogen (secondary N) is 2. The highest BCUT2D eigenvalue weighted by atomic mass is 16.4. The second-order valence-electron chi connectivity index (χ2n) is 4.93. The molecule has 0 spiro atoms. The molecule has 0 fully saturated rings. The zero-order chi connectivity index (χ0) is 14.4. The van der Waals surface area contributed by atoms with Gasteiger partial charge in [0.1, 0.15) is 6.04 Å². The minimum Gasteiger partial charge on any atom is -0.480 e. The largest absolute Gasteiger partial charge is 0.480 e. The van der Waals surface area contributed by atoms with Crippen molar-refractivity contribution in [2.24, 2.45) is 5.92 Å². The monoisotopic (exact) mass is 268 g/mol. The minimum absolute atomic E-state index is 0.195. The molecule has 1 aromatic rings. The number of hydrogen-bond donors (Lipinski definition) is 3. The summed E-state index contributed by atoms with van der Waals surface area (Å²) in [5, 5.41) is 18.0. The van der Waals surface area contributed by atoms with E-state index < -0.39 is 18.0 Å². The first-order valence-corrected chi connectivity index (χ1v) is 6.12. The van der Waals surface area contributed by atoms with Crippen LogP contribution in [0.1, 0.15) is 25.8 Å². The van der Waals surface area contributed by atoms with Gasteiger partial charge in [0.05, 0.1) is 12.7 Å². The molecule has 0 aliphatic heterocycles. The van der Waals surface area contributed by atoms with Gasteiger partial charge in [0.2, 0.25) is 0 Å². The first kappa shape index (κ1) is 15.0. The number of aromatic nitrogens is 2. The number of hydrogen-bond acceptors (Lipinski definition) is 3. The molecule has 0 radical (unpaired) electrons. The lowest BCUT2D eigenvalue weighted by Crippen LogP contribution is -2.46. The van der Waals surface area contributed by atoms with E-state index in [0.29, 0.717) is 13.0 Å². The fourth-order valence-electron chi connectivity index (χ4n) is 1.66. The van der Waals surface area contributed by atoms with Crippen molar-refractivity contribution in [2.75, 3.05) is 7.05 Å². The molecule has 0 saturated heterocycles. The maximum atomic E-state index is 11.9. The summed E-state index contributed by atoms with van der Waals surface area (Å²) >= 11 is 0. The highest BCUT2D eigenvalue weighted by Crippen LogP contribution is 2.06. The summed E-state index contributed by atoms with van der Waals surface area (Å²) in [4.78, 5) is 24.4. The van der Waals surface area contributed by atoms with Crippen molar-refractivity contribution in [3.05, 3.63) is 18.0 Å². The quantitative estimate of drug-likeness (QED) is 0.718. The van der Waals surface area contributed by atoms with Gasteiger partial charge in [-0.2, -0.15) is 5.10 Å². The van der Waals surface area contributed by atoms with Crippen LogP contribution in [0.25, 0.3) is 0 Å². The summed E-state index contributed by atoms with van der Waals surface area (Å²) in [5.74, 6) is -0.820. The van der Waals surface area contributed by atoms with Crippen molar-refractivity contribution in [3.8, 4) is 0 Å². The fourth-order valence-corrected chi connectivity index (χ4v) is 1.66. The van der Waals surface area contributed by atoms with E-state index >= 15 is 0 Å². The maximum absolute atomic E-state index is 11.9. The molecule has 0 saturated carbocycles. The molecule has 0 aliphatic rings. The number of rotatable bonds is 6. The zero-order valence-corrected chi connectivity index (χ0v) is 11.4. The molecule has 106 valence electrons. The molecule has 0 aliphatic carbocycles. The van der Waals surface area contributed by atoms with E-state index in [1.54, 1.807) is 19.4 Å². The third-order valence-corrected chi connectivity index (χ3v) is 2.62. The number of carbonyl (C=O) groups excluding carboxylic acids is 1. The molecular weight excluding hydrogens is 248 g/mol. The van der Waals surface area contributed by atoms with Gasteiger partial charge in [-0.15, -0.1) is 0 Å². The summed E-state index contributed by atoms with van der Waals surface area (Å²) in [5.41, 5.74) is 0.855. The van der Waals surface area contributed by atoms with Crippen LogP contribution >= 0.6 is 0 Å². The second-order valence-corrected chi connectivity index (χ2v) is 4.93. The first-order valence-electron chi connectivity index (χ1n) is 6.12. The van der Waals surface area contributed by atoms with Gasteiger partial charge in [-0.05, 0) is 12.3 Å². The standard InChI is InChI=1S/C12H20N4O3/c1-8(2)4-10(11(17)18)15-12(19)16(3)7-9-5-13-14-6-9/h5-6,8,10H,4,7H2,1-3H3,(H,13,14)(H,15,19)(H,17,18). The highest BCUT2D eigenvalue weighted by molar-refractivity contribution is 5.82. The molecule has 3 N–H and O–H groups in total. The van der Waals surface area contributed by atoms with E-state index in [1.165, 1.54) is 4.90 Å². The molecule has 0 aromatic carbocycles. The normalized spacial score (nSPS) is 12.2. The van der Waals surface area contributed by atoms with Crippen molar-refractivity contribution >= 4 is 12.0 Å². The number of aliphatic carboxylic acids is 1. The predicted molar refractivity (Wildman–Crippen MR) is 69.5 cm³/mol. The van der Waals surface area contributed by atoms with Crippen LogP contribution in [0, 0.1) is 5.92 Å². The average molecular weight is 268 g/mol. The zero-order valence-electron chi connectivity index (χ0n) is 11.4. The Hall–Kier alpha value is -2.05. The average Bonchev–Trinajstić information content (AvgIpc) is 2.79. The molecule has 1 atom stereocenters. The number of amides is 2. The van der Waals surface area contributed by atoms with Crippen LogP contribution in [0.3, 0.4) is 0 Å². The van der Waals surface area contributed by atoms with Crippen LogP contribution in [0.4, 0.5) is 4.79 Å². The summed E-state index contributed by atoms with van der Waals surface area (Å²) in [7, 11) is 1.61. The van der Waals surface area contributed by atoms with Crippen molar-refractivity contribution in [1.82, 2.24) is 20.4 Å². The highest BCUT2D eigenvalue weighted by Gasteiger charge is 2.22. The molecule has 0 bridgehead atoms. The topological polar surface area (TPSA) is 98.3 Å². The van der Waals surface area contributed by atoms with Crippen LogP contribution in [-0.4, -0.2) is 45.3 Å². The number of urea groups is 1. The third-order valence-electron chi connectivity index (χ3n) is 2.62. The number of H-pyrrole nitrogens is 1. The number of carboxylic acids is 1. The van der Waals surface area contributed by atoms with Crippen LogP contribution in [0.15, 0.2) is 12.4 Å². The molecule has 2 amide bonds. The number of carboxylic acid groups (broad SMARTS) is 1. The van der Waals surface area contributed by atoms with Gasteiger partial charge in [0, 0.05) is 18.8 Å². The van der Waals surface area contributed by atoms with Gasteiger partial charge in [0.15, 0.2) is 0 Å². The van der Waals surface area contributed by atoms with Crippen LogP contribution in [0.5, 0.6) is 0 Å². The van der Waals surface area contributed by atoms with E-state index in [4.69, 9.17) is 5.11 Å². The van der Waals surface area contributed by atoms with Crippen molar-refractivity contribution in [2.45, 2.75) is 32.9 Å². The Morgan fingerprint density at radius 1 is 1.53 bits per heavy atom. The number of aromatic amines is 1. The predicted octanol–water partition coefficient (Wildman–Crippen LogP) is 1.05. The van der Waals surface area contributed by atoms with Crippen LogP contribution in [-0.2, 0) is 11.3 Å². The molecular formula is C12H20N4O3. The lowest BCUT2D eigenvalue weighted by Gasteiger charge is -2.21. The van der Waals surface area contributed by atoms with Crippen LogP contribution in [0.2, 0.25) is 0 Å². The van der Waals surface area contributed by atoms with Crippen LogP contribution < -0.4 is 5.32 Å². The van der Waals surface area contributed by atoms with E-state index in [2.05, 4.69) is 15.5 Å². The molecule has 1 rings (SSSR count). The molecule has 1 unspecified atom stereocenters. The smallest absolute Gasteiger partial charge is 0.326 e. The molecule has 7 heteroatoms. The number of carbonyl (C=O) groups is 2. The van der Waals surface area contributed by atoms with Gasteiger partial charge in [0.25, 0.3) is 0 Å². The summed E-state index contributed by atoms with van der Waals surface area (Å²) in [6.07, 6.45) is 3.71. The Balaban J connectivity index is 2.53. The second kappa shape index (κ2) is 6.77. The van der Waals surface area contributed by atoms with Crippen molar-refractivity contribution in [1.29, 1.82) is 0 Å². The van der Waals surface area contributed by atoms with Gasteiger partial charge in [-0.3, -0.25) is 5.10 Å². The first-order chi connectivity index (χ1) is 8.90. The Morgan fingerprint density at radius 2 is 2.21 bits per heavy atom. The van der Waals surface area contributed by atoms with Gasteiger partial charge in [-0.1, -0.05) is 13.8 Å². The SMILES string of the molecule is CC(C)CC(NC(=O)N(C)Cc1cn[nH]c1)C(=O)O. The fraction of sp³-hybridized carbons (Fsp3) is 0.583. The molecule has 1 heterocycles. The minimum atomic E-state index is -1.02. The summed E-state index contributed by atoms with van der Waals surface area (Å²) in [6, 6.07) is -1.27. The van der Waals surface area contributed by atoms with E-state index in [1.807, 2.05) is 13.8 Å². The van der Waals surface area contributed by atoms with Gasteiger partial charge in [-0.25, -0.2) is 9.59 Å². The van der Waals surface area contributed by atoms with E-state index in [-0.39, 0.29) is 5.92 Å². The lowest BCUT2D eigenvalue weighted by atomic mass is 10.0. The number of nitrogens with zero attached hydrogens (tertiary/aromatic N) is 2.